The average molecular weight is 323 g/mol. The van der Waals surface area contributed by atoms with E-state index in [1.807, 2.05) is 5.32 Å². The van der Waals surface area contributed by atoms with Crippen molar-refractivity contribution in [2.24, 2.45) is 0 Å². The third kappa shape index (κ3) is 2.93. The van der Waals surface area contributed by atoms with Gasteiger partial charge in [-0.05, 0) is 6.07 Å². The van der Waals surface area contributed by atoms with Crippen LogP contribution in [0, 0.1) is 29.5 Å². The van der Waals surface area contributed by atoms with Crippen LogP contribution in [0.25, 0.3) is 0 Å². The number of nitrogens with zero attached hydrogens (tertiary/aromatic N) is 2. The average Bonchev–Trinajstić information content (AvgIpc) is 2.47. The smallest absolute Gasteiger partial charge is 0.343 e. The van der Waals surface area contributed by atoms with Crippen molar-refractivity contribution in [2.75, 3.05) is 11.6 Å². The van der Waals surface area contributed by atoms with Gasteiger partial charge in [0.25, 0.3) is 5.91 Å². The number of hydrogen-bond acceptors (Lipinski definition) is 5. The van der Waals surface area contributed by atoms with Gasteiger partial charge in [0.1, 0.15) is 23.9 Å². The zero-order valence-corrected chi connectivity index (χ0v) is 11.6. The summed E-state index contributed by atoms with van der Waals surface area (Å²) in [6, 6.07) is 1.40. The van der Waals surface area contributed by atoms with Gasteiger partial charge in [-0.15, -0.1) is 6.42 Å². The van der Waals surface area contributed by atoms with E-state index in [1.54, 1.807) is 6.07 Å². The van der Waals surface area contributed by atoms with E-state index in [0.29, 0.717) is 5.01 Å². The molecule has 2 rings (SSSR count). The quantitative estimate of drug-likeness (QED) is 0.808. The predicted octanol–water partition coefficient (Wildman–Crippen LogP) is 0.944. The Kier molecular flexibility index (Phi) is 4.47. The molecule has 0 aromatic heterocycles. The largest absolute Gasteiger partial charge is 0.479 e. The van der Waals surface area contributed by atoms with Gasteiger partial charge in [0.2, 0.25) is 0 Å². The van der Waals surface area contributed by atoms with Gasteiger partial charge in [0.05, 0.1) is 11.1 Å². The summed E-state index contributed by atoms with van der Waals surface area (Å²) in [6.07, 6.45) is 5.06. The zero-order valence-electron chi connectivity index (χ0n) is 10.9. The Bertz CT molecular complexity index is 725. The lowest BCUT2D eigenvalue weighted by Crippen LogP contribution is -2.64. The standard InChI is InChI=1S/C13H8ClFN4O3/c1-2-3-22-11-5-10(8(15)4-7(11)14)19-13(21)17-12(20)9(6-16)18-19/h1,4-5,9,18H,3H2,(H,17,20,21). The van der Waals surface area contributed by atoms with E-state index in [9.17, 15) is 14.0 Å². The summed E-state index contributed by atoms with van der Waals surface area (Å²) in [5.74, 6) is 0.582. The second-order valence-corrected chi connectivity index (χ2v) is 4.46. The van der Waals surface area contributed by atoms with Crippen molar-refractivity contribution in [1.82, 2.24) is 10.7 Å². The van der Waals surface area contributed by atoms with Gasteiger partial charge in [0.15, 0.2) is 6.04 Å². The number of imide groups is 1. The van der Waals surface area contributed by atoms with Crippen LogP contribution in [-0.2, 0) is 4.79 Å². The summed E-state index contributed by atoms with van der Waals surface area (Å²) in [5.41, 5.74) is 2.02. The van der Waals surface area contributed by atoms with E-state index in [2.05, 4.69) is 11.3 Å². The van der Waals surface area contributed by atoms with Crippen molar-refractivity contribution in [1.29, 1.82) is 5.26 Å². The Morgan fingerprint density at radius 3 is 2.86 bits per heavy atom. The normalized spacial score (nSPS) is 17.5. The van der Waals surface area contributed by atoms with Crippen LogP contribution < -0.4 is 20.5 Å². The highest BCUT2D eigenvalue weighted by Gasteiger charge is 2.34. The Hall–Kier alpha value is -2.81. The maximum Gasteiger partial charge on any atom is 0.343 e. The molecule has 0 bridgehead atoms. The minimum atomic E-state index is -1.34. The number of rotatable bonds is 3. The van der Waals surface area contributed by atoms with Gasteiger partial charge >= 0.3 is 6.03 Å². The van der Waals surface area contributed by atoms with Crippen molar-refractivity contribution in [3.8, 4) is 24.2 Å². The number of amides is 3. The highest BCUT2D eigenvalue weighted by atomic mass is 35.5. The molecule has 0 aliphatic carbocycles. The van der Waals surface area contributed by atoms with E-state index in [1.165, 1.54) is 0 Å². The Labute approximate surface area is 129 Å². The molecule has 7 nitrogen and oxygen atoms in total. The molecular formula is C13H8ClFN4O3. The minimum Gasteiger partial charge on any atom is -0.479 e. The van der Waals surface area contributed by atoms with Crippen LogP contribution in [0.5, 0.6) is 5.75 Å². The van der Waals surface area contributed by atoms with Crippen LogP contribution >= 0.6 is 11.6 Å². The number of terminal acetylenes is 1. The topological polar surface area (TPSA) is 94.5 Å². The van der Waals surface area contributed by atoms with Crippen LogP contribution in [0.4, 0.5) is 14.9 Å². The van der Waals surface area contributed by atoms with E-state index in [0.717, 1.165) is 12.1 Å². The lowest BCUT2D eigenvalue weighted by atomic mass is 10.2. The Balaban J connectivity index is 2.39. The summed E-state index contributed by atoms with van der Waals surface area (Å²) in [5, 5.41) is 11.4. The molecule has 1 heterocycles. The lowest BCUT2D eigenvalue weighted by Gasteiger charge is -2.30. The molecule has 22 heavy (non-hydrogen) atoms. The predicted molar refractivity (Wildman–Crippen MR) is 74.3 cm³/mol. The lowest BCUT2D eigenvalue weighted by molar-refractivity contribution is -0.121. The number of anilines is 1. The van der Waals surface area contributed by atoms with Crippen molar-refractivity contribution >= 4 is 29.2 Å². The molecule has 1 saturated heterocycles. The maximum absolute atomic E-state index is 14.0. The first-order valence-corrected chi connectivity index (χ1v) is 6.21. The number of nitriles is 1. The first-order valence-electron chi connectivity index (χ1n) is 5.84. The number of benzene rings is 1. The van der Waals surface area contributed by atoms with E-state index in [4.69, 9.17) is 28.0 Å². The fraction of sp³-hybridized carbons (Fsp3) is 0.154. The molecule has 0 radical (unpaired) electrons. The second kappa shape index (κ2) is 6.31. The molecule has 9 heteroatoms. The number of carbonyl (C=O) groups excluding carboxylic acids is 2. The molecule has 112 valence electrons. The molecule has 3 amide bonds. The minimum absolute atomic E-state index is 0.0400. The highest BCUT2D eigenvalue weighted by Crippen LogP contribution is 2.32. The summed E-state index contributed by atoms with van der Waals surface area (Å²) >= 11 is 5.81. The molecule has 1 aromatic rings. The van der Waals surface area contributed by atoms with Crippen LogP contribution in [-0.4, -0.2) is 24.6 Å². The van der Waals surface area contributed by atoms with Gasteiger partial charge in [-0.3, -0.25) is 10.1 Å². The first-order chi connectivity index (χ1) is 10.5. The fourth-order valence-electron chi connectivity index (χ4n) is 1.67. The third-order valence-corrected chi connectivity index (χ3v) is 2.93. The number of nitrogens with one attached hydrogen (secondary N) is 2. The molecule has 1 fully saturated rings. The van der Waals surface area contributed by atoms with Crippen molar-refractivity contribution < 1.29 is 18.7 Å². The zero-order chi connectivity index (χ0) is 16.3. The first kappa shape index (κ1) is 15.6. The molecule has 1 aliphatic heterocycles. The summed E-state index contributed by atoms with van der Waals surface area (Å²) in [7, 11) is 0. The van der Waals surface area contributed by atoms with Crippen molar-refractivity contribution in [2.45, 2.75) is 6.04 Å². The molecule has 0 spiro atoms. The molecule has 1 aromatic carbocycles. The fourth-order valence-corrected chi connectivity index (χ4v) is 1.87. The molecular weight excluding hydrogens is 315 g/mol. The molecule has 0 saturated carbocycles. The summed E-state index contributed by atoms with van der Waals surface area (Å²) in [4.78, 5) is 23.1. The Morgan fingerprint density at radius 2 is 2.23 bits per heavy atom. The maximum atomic E-state index is 14.0. The van der Waals surface area contributed by atoms with Crippen LogP contribution in [0.3, 0.4) is 0 Å². The van der Waals surface area contributed by atoms with Gasteiger partial charge in [-0.2, -0.15) is 10.7 Å². The number of ether oxygens (including phenoxy) is 1. The van der Waals surface area contributed by atoms with E-state index < -0.39 is 23.8 Å². The third-order valence-electron chi connectivity index (χ3n) is 2.64. The van der Waals surface area contributed by atoms with Gasteiger partial charge < -0.3 is 4.74 Å². The number of halogens is 2. The highest BCUT2D eigenvalue weighted by molar-refractivity contribution is 6.32. The molecule has 1 aliphatic rings. The van der Waals surface area contributed by atoms with Crippen LogP contribution in [0.1, 0.15) is 0 Å². The van der Waals surface area contributed by atoms with Gasteiger partial charge in [-0.25, -0.2) is 14.2 Å². The number of hydrazine groups is 1. The molecule has 1 atom stereocenters. The van der Waals surface area contributed by atoms with Crippen molar-refractivity contribution in [3.05, 3.63) is 23.0 Å². The molecule has 2 N–H and O–H groups in total. The molecule has 1 unspecified atom stereocenters. The van der Waals surface area contributed by atoms with E-state index in [-0.39, 0.29) is 23.1 Å². The summed E-state index contributed by atoms with van der Waals surface area (Å²) < 4.78 is 19.2. The van der Waals surface area contributed by atoms with Gasteiger partial charge in [-0.1, -0.05) is 17.5 Å². The van der Waals surface area contributed by atoms with Crippen molar-refractivity contribution in [3.63, 3.8) is 0 Å². The van der Waals surface area contributed by atoms with Crippen LogP contribution in [0.2, 0.25) is 5.02 Å². The SMILES string of the molecule is C#CCOc1cc(N2NC(C#N)C(=O)NC2=O)c(F)cc1Cl. The monoisotopic (exact) mass is 322 g/mol. The number of hydrogen-bond donors (Lipinski definition) is 2. The number of carbonyl (C=O) groups is 2. The number of urea groups is 1. The van der Waals surface area contributed by atoms with Gasteiger partial charge in [0, 0.05) is 6.07 Å². The summed E-state index contributed by atoms with van der Waals surface area (Å²) in [6.45, 7) is -0.107. The van der Waals surface area contributed by atoms with Crippen LogP contribution in [0.15, 0.2) is 12.1 Å². The Morgan fingerprint density at radius 1 is 1.50 bits per heavy atom. The second-order valence-electron chi connectivity index (χ2n) is 4.05. The van der Waals surface area contributed by atoms with E-state index >= 15 is 0 Å².